The van der Waals surface area contributed by atoms with Crippen molar-refractivity contribution in [1.29, 1.82) is 0 Å². The van der Waals surface area contributed by atoms with Crippen LogP contribution in [0.4, 0.5) is 0 Å². The quantitative estimate of drug-likeness (QED) is 0.789. The lowest BCUT2D eigenvalue weighted by Gasteiger charge is -2.13. The van der Waals surface area contributed by atoms with Gasteiger partial charge in [-0.25, -0.2) is 4.79 Å². The Hall–Kier alpha value is -0.780. The predicted molar refractivity (Wildman–Crippen MR) is 50.3 cm³/mol. The van der Waals surface area contributed by atoms with Crippen LogP contribution in [-0.2, 0) is 0 Å². The first-order valence-electron chi connectivity index (χ1n) is 3.23. The third-order valence-electron chi connectivity index (χ3n) is 1.47. The number of benzene rings is 1. The van der Waals surface area contributed by atoms with E-state index in [1.165, 1.54) is 6.07 Å². The maximum absolute atomic E-state index is 11.2. The molecule has 0 bridgehead atoms. The van der Waals surface area contributed by atoms with Crippen LogP contribution in [0.2, 0.25) is 0 Å². The van der Waals surface area contributed by atoms with Crippen LogP contribution in [0.5, 0.6) is 5.75 Å². The molecule has 1 aromatic carbocycles. The van der Waals surface area contributed by atoms with Crippen LogP contribution in [0.1, 0.15) is 15.9 Å². The van der Waals surface area contributed by atoms with E-state index in [4.69, 9.17) is 5.11 Å². The van der Waals surface area contributed by atoms with Crippen molar-refractivity contribution in [1.82, 2.24) is 0 Å². The van der Waals surface area contributed by atoms with Crippen molar-refractivity contribution in [3.8, 4) is 5.75 Å². The van der Waals surface area contributed by atoms with Crippen LogP contribution in [0.15, 0.2) is 12.1 Å². The third kappa shape index (κ3) is 1.69. The number of hydrogen-bond acceptors (Lipinski definition) is 2. The van der Waals surface area contributed by atoms with Gasteiger partial charge in [-0.2, -0.15) is 0 Å². The summed E-state index contributed by atoms with van der Waals surface area (Å²) in [6.07, 6.45) is 0. The molecule has 0 unspecified atom stereocenters. The lowest BCUT2D eigenvalue weighted by atomic mass is 10.1. The molecule has 0 saturated heterocycles. The Morgan fingerprint density at radius 3 is 2.67 bits per heavy atom. The van der Waals surface area contributed by atoms with Crippen molar-refractivity contribution in [2.75, 3.05) is 0 Å². The Kier molecular flexibility index (Phi) is 2.56. The Labute approximate surface area is 83.2 Å². The highest BCUT2D eigenvalue weighted by molar-refractivity contribution is 14.1. The Morgan fingerprint density at radius 1 is 1.58 bits per heavy atom. The summed E-state index contributed by atoms with van der Waals surface area (Å²) in [4.78, 5) is 10.5. The van der Waals surface area contributed by atoms with Gasteiger partial charge in [-0.3, -0.25) is 0 Å². The maximum Gasteiger partial charge on any atom is 0.335 e. The smallest absolute Gasteiger partial charge is 0.335 e. The molecule has 1 N–H and O–H groups in total. The zero-order chi connectivity index (χ0) is 9.30. The Morgan fingerprint density at radius 2 is 2.17 bits per heavy atom. The van der Waals surface area contributed by atoms with E-state index < -0.39 is 11.7 Å². The molecule has 3 nitrogen and oxygen atoms in total. The van der Waals surface area contributed by atoms with Gasteiger partial charge in [0.25, 0.3) is 0 Å². The van der Waals surface area contributed by atoms with E-state index in [9.17, 15) is 9.90 Å². The van der Waals surface area contributed by atoms with E-state index in [0.29, 0.717) is 5.56 Å². The second kappa shape index (κ2) is 3.30. The van der Waals surface area contributed by atoms with Crippen LogP contribution in [-0.4, -0.2) is 11.1 Å². The molecule has 1 aromatic rings. The van der Waals surface area contributed by atoms with Crippen molar-refractivity contribution in [3.63, 3.8) is 0 Å². The van der Waals surface area contributed by atoms with Gasteiger partial charge in [0.15, 0.2) is 0 Å². The molecule has 0 fully saturated rings. The lowest BCUT2D eigenvalue weighted by molar-refractivity contribution is -0.269. The largest absolute Gasteiger partial charge is 0.872 e. The summed E-state index contributed by atoms with van der Waals surface area (Å²) in [6.45, 7) is 1.61. The van der Waals surface area contributed by atoms with Gasteiger partial charge >= 0.3 is 5.97 Å². The number of halogens is 1. The van der Waals surface area contributed by atoms with Crippen LogP contribution >= 0.6 is 22.6 Å². The fraction of sp³-hybridized carbons (Fsp3) is 0.125. The zero-order valence-corrected chi connectivity index (χ0v) is 8.45. The number of hydrogen-bond donors (Lipinski definition) is 1. The topological polar surface area (TPSA) is 60.4 Å². The monoisotopic (exact) mass is 277 g/mol. The van der Waals surface area contributed by atoms with Gasteiger partial charge in [0, 0.05) is 3.57 Å². The van der Waals surface area contributed by atoms with Crippen molar-refractivity contribution in [3.05, 3.63) is 26.8 Å². The molecule has 12 heavy (non-hydrogen) atoms. The van der Waals surface area contributed by atoms with Crippen LogP contribution in [0.25, 0.3) is 0 Å². The molecular weight excluding hydrogens is 271 g/mol. The number of carboxylic acid groups (broad SMARTS) is 1. The predicted octanol–water partition coefficient (Wildman–Crippen LogP) is 1.37. The van der Waals surface area contributed by atoms with Gasteiger partial charge in [-0.15, -0.1) is 0 Å². The average molecular weight is 277 g/mol. The summed E-state index contributed by atoms with van der Waals surface area (Å²) in [5.41, 5.74) is 0.318. The van der Waals surface area contributed by atoms with Gasteiger partial charge in [-0.1, -0.05) is 11.3 Å². The van der Waals surface area contributed by atoms with E-state index in [1.807, 2.05) is 22.6 Å². The minimum atomic E-state index is -1.17. The molecule has 0 aliphatic rings. The van der Waals surface area contributed by atoms with Gasteiger partial charge < -0.3 is 10.2 Å². The lowest BCUT2D eigenvalue weighted by Crippen LogP contribution is -2.06. The Balaban J connectivity index is 3.37. The fourth-order valence-electron chi connectivity index (χ4n) is 0.889. The highest BCUT2D eigenvalue weighted by Gasteiger charge is 2.05. The molecule has 0 amide bonds. The zero-order valence-electron chi connectivity index (χ0n) is 6.30. The first-order chi connectivity index (χ1) is 5.52. The average Bonchev–Trinajstić information content (AvgIpc) is 1.96. The van der Waals surface area contributed by atoms with Crippen molar-refractivity contribution in [2.45, 2.75) is 6.92 Å². The molecule has 0 heterocycles. The van der Waals surface area contributed by atoms with E-state index in [-0.39, 0.29) is 5.56 Å². The molecule has 0 aliphatic carbocycles. The van der Waals surface area contributed by atoms with Crippen molar-refractivity contribution >= 4 is 28.6 Å². The van der Waals surface area contributed by atoms with Gasteiger partial charge in [0.1, 0.15) is 0 Å². The molecular formula is C8H6IO3-. The molecule has 0 aromatic heterocycles. The number of carboxylic acids is 1. The summed E-state index contributed by atoms with van der Waals surface area (Å²) in [7, 11) is 0. The first kappa shape index (κ1) is 9.31. The Bertz CT molecular complexity index is 333. The highest BCUT2D eigenvalue weighted by Crippen LogP contribution is 2.21. The number of aryl methyl sites for hydroxylation is 1. The first-order valence-corrected chi connectivity index (χ1v) is 4.30. The van der Waals surface area contributed by atoms with Crippen LogP contribution < -0.4 is 5.11 Å². The van der Waals surface area contributed by atoms with Gasteiger partial charge in [0.05, 0.1) is 5.56 Å². The summed E-state index contributed by atoms with van der Waals surface area (Å²) in [5, 5.41) is 19.8. The van der Waals surface area contributed by atoms with Crippen molar-refractivity contribution in [2.24, 2.45) is 0 Å². The number of aromatic carboxylic acids is 1. The minimum Gasteiger partial charge on any atom is -0.872 e. The molecule has 0 atom stereocenters. The normalized spacial score (nSPS) is 9.83. The highest BCUT2D eigenvalue weighted by atomic mass is 127. The van der Waals surface area contributed by atoms with Crippen molar-refractivity contribution < 1.29 is 15.0 Å². The molecule has 64 valence electrons. The van der Waals surface area contributed by atoms with Gasteiger partial charge in [-0.05, 0) is 41.6 Å². The van der Waals surface area contributed by atoms with E-state index in [1.54, 1.807) is 13.0 Å². The standard InChI is InChI=1S/C8H7IO3/c1-4-2-5(9)3-6(7(4)10)8(11)12/h2-3,10H,1H3,(H,11,12)/p-1. The van der Waals surface area contributed by atoms with E-state index in [0.717, 1.165) is 3.57 Å². The molecule has 0 aliphatic heterocycles. The maximum atomic E-state index is 11.2. The summed E-state index contributed by atoms with van der Waals surface area (Å²) in [6, 6.07) is 3.04. The molecule has 4 heteroatoms. The molecule has 0 saturated carbocycles. The number of rotatable bonds is 1. The minimum absolute atomic E-state index is 0.153. The number of carbonyl (C=O) groups is 1. The summed E-state index contributed by atoms with van der Waals surface area (Å²) in [5.74, 6) is -1.57. The third-order valence-corrected chi connectivity index (χ3v) is 2.09. The summed E-state index contributed by atoms with van der Waals surface area (Å²) < 4.78 is 0.766. The fourth-order valence-corrected chi connectivity index (χ4v) is 1.67. The molecule has 0 radical (unpaired) electrons. The van der Waals surface area contributed by atoms with Crippen LogP contribution in [0.3, 0.4) is 0 Å². The second-order valence-corrected chi connectivity index (χ2v) is 3.65. The molecule has 0 spiro atoms. The van der Waals surface area contributed by atoms with Crippen LogP contribution in [0, 0.1) is 10.5 Å². The summed E-state index contributed by atoms with van der Waals surface area (Å²) >= 11 is 1.98. The van der Waals surface area contributed by atoms with E-state index >= 15 is 0 Å². The molecule has 1 rings (SSSR count). The SMILES string of the molecule is Cc1cc(I)cc(C(=O)O)c1[O-]. The van der Waals surface area contributed by atoms with E-state index in [2.05, 4.69) is 0 Å². The van der Waals surface area contributed by atoms with Gasteiger partial charge in [0.2, 0.25) is 0 Å². The second-order valence-electron chi connectivity index (χ2n) is 2.40.